The normalized spacial score (nSPS) is 18.3. The second-order valence-corrected chi connectivity index (χ2v) is 27.7. The van der Waals surface area contributed by atoms with E-state index in [1.165, 1.54) is 0 Å². The van der Waals surface area contributed by atoms with Crippen molar-refractivity contribution in [3.63, 3.8) is 0 Å². The van der Waals surface area contributed by atoms with Crippen LogP contribution in [-0.2, 0) is 16.5 Å². The lowest BCUT2D eigenvalue weighted by atomic mass is 10.1. The number of benzene rings is 8. The van der Waals surface area contributed by atoms with Gasteiger partial charge in [-0.25, -0.2) is 0 Å². The molecule has 0 atom stereocenters. The van der Waals surface area contributed by atoms with E-state index < -0.39 is 34.2 Å². The topological polar surface area (TPSA) is 36.9 Å². The molecule has 5 aliphatic rings. The van der Waals surface area contributed by atoms with E-state index in [-0.39, 0.29) is 0 Å². The predicted molar refractivity (Wildman–Crippen MR) is 232 cm³/mol. The van der Waals surface area contributed by atoms with Crippen LogP contribution in [0.4, 0.5) is 0 Å². The van der Waals surface area contributed by atoms with Crippen molar-refractivity contribution in [2.24, 2.45) is 0 Å². The van der Waals surface area contributed by atoms with Crippen molar-refractivity contribution in [2.45, 2.75) is 0 Å². The Kier molecular flexibility index (Phi) is 6.25. The van der Waals surface area contributed by atoms with E-state index in [9.17, 15) is 0 Å². The van der Waals surface area contributed by atoms with Gasteiger partial charge in [0.1, 0.15) is 0 Å². The van der Waals surface area contributed by atoms with Crippen molar-refractivity contribution in [1.29, 1.82) is 0 Å². The van der Waals surface area contributed by atoms with Gasteiger partial charge in [0.15, 0.2) is 0 Å². The average Bonchev–Trinajstić information content (AvgIpc) is 3.89. The van der Waals surface area contributed by atoms with Crippen LogP contribution in [0.3, 0.4) is 0 Å². The minimum Gasteiger partial charge on any atom is -0.402 e. The van der Waals surface area contributed by atoms with Gasteiger partial charge in [0, 0.05) is 41.5 Å². The van der Waals surface area contributed by atoms with Gasteiger partial charge in [-0.15, -0.1) is 0 Å². The summed E-state index contributed by atoms with van der Waals surface area (Å²) >= 11 is 0. The maximum absolute atomic E-state index is 8.55. The third kappa shape index (κ3) is 3.76. The molecule has 8 heteroatoms. The predicted octanol–water partition coefficient (Wildman–Crippen LogP) is 5.01. The zero-order valence-corrected chi connectivity index (χ0v) is 34.1. The fraction of sp³-hybridized carbons (Fsp3) is 0. The molecule has 0 amide bonds. The molecule has 0 aromatic heterocycles. The van der Waals surface area contributed by atoms with Gasteiger partial charge in [-0.2, -0.15) is 0 Å². The quantitative estimate of drug-likeness (QED) is 0.203. The summed E-state index contributed by atoms with van der Waals surface area (Å²) in [6.07, 6.45) is 0. The standard InChI is InChI=1S/C48H32O4Si4/c1-9-25-41-33(17-1)34-18-2-10-26-42(34)53(41)49-54(43-27-11-3-19-35(43)36-20-4-12-28-44(36)54)51-56(47-31-15-7-23-39(47)40-24-8-16-32-48(40)56)52-55(50-53)45-29-13-5-21-37(45)38-22-6-14-30-46(38)55/h1-32H. The first-order valence-electron chi connectivity index (χ1n) is 19.3. The van der Waals surface area contributed by atoms with Crippen molar-refractivity contribution in [3.8, 4) is 44.5 Å². The Morgan fingerprint density at radius 1 is 0.179 bits per heavy atom. The Bertz CT molecular complexity index is 2400. The van der Waals surface area contributed by atoms with Crippen molar-refractivity contribution >= 4 is 75.7 Å². The van der Waals surface area contributed by atoms with Gasteiger partial charge in [0.25, 0.3) is 0 Å². The van der Waals surface area contributed by atoms with Crippen LogP contribution in [0.2, 0.25) is 0 Å². The molecule has 4 spiro atoms. The molecule has 0 unspecified atom stereocenters. The van der Waals surface area contributed by atoms with E-state index in [1.807, 2.05) is 0 Å². The molecule has 13 rings (SSSR count). The summed E-state index contributed by atoms with van der Waals surface area (Å²) in [4.78, 5) is 0. The molecule has 56 heavy (non-hydrogen) atoms. The highest BCUT2D eigenvalue weighted by Gasteiger charge is 2.73. The molecule has 1 saturated heterocycles. The number of hydrogen-bond acceptors (Lipinski definition) is 4. The van der Waals surface area contributed by atoms with Crippen LogP contribution in [0.25, 0.3) is 44.5 Å². The van der Waals surface area contributed by atoms with Crippen molar-refractivity contribution < 1.29 is 16.5 Å². The Hall–Kier alpha value is -5.53. The lowest BCUT2D eigenvalue weighted by Gasteiger charge is -2.51. The van der Waals surface area contributed by atoms with Gasteiger partial charge in [-0.1, -0.05) is 194 Å². The molecular formula is C48H32O4Si4. The summed E-state index contributed by atoms with van der Waals surface area (Å²) in [7, 11) is -15.0. The summed E-state index contributed by atoms with van der Waals surface area (Å²) in [5.41, 5.74) is 9.27. The molecule has 1 fully saturated rings. The fourth-order valence-electron chi connectivity index (χ4n) is 10.4. The highest BCUT2D eigenvalue weighted by atomic mass is 28.5. The first-order valence-corrected chi connectivity index (χ1v) is 26.5. The Balaban J connectivity index is 1.22. The summed E-state index contributed by atoms with van der Waals surface area (Å²) in [6.45, 7) is 0. The van der Waals surface area contributed by atoms with Crippen LogP contribution in [0.15, 0.2) is 194 Å². The van der Waals surface area contributed by atoms with E-state index in [4.69, 9.17) is 16.5 Å². The minimum absolute atomic E-state index is 1.11. The van der Waals surface area contributed by atoms with E-state index in [2.05, 4.69) is 194 Å². The van der Waals surface area contributed by atoms with Crippen LogP contribution >= 0.6 is 0 Å². The second-order valence-electron chi connectivity index (χ2n) is 15.2. The molecule has 0 radical (unpaired) electrons. The number of hydrogen-bond donors (Lipinski definition) is 0. The zero-order valence-electron chi connectivity index (χ0n) is 30.1. The van der Waals surface area contributed by atoms with Gasteiger partial charge in [0.05, 0.1) is 0 Å². The molecule has 8 aromatic carbocycles. The molecule has 4 nitrogen and oxygen atoms in total. The number of fused-ring (bicyclic) bond motifs is 20. The molecule has 0 N–H and O–H groups in total. The molecule has 0 bridgehead atoms. The Morgan fingerprint density at radius 3 is 0.446 bits per heavy atom. The summed E-state index contributed by atoms with van der Waals surface area (Å²) in [5, 5.41) is 8.89. The van der Waals surface area contributed by atoms with Crippen LogP contribution in [0.1, 0.15) is 0 Å². The smallest absolute Gasteiger partial charge is 0.391 e. The average molecular weight is 785 g/mol. The molecular weight excluding hydrogens is 753 g/mol. The molecule has 264 valence electrons. The van der Waals surface area contributed by atoms with Crippen LogP contribution < -0.4 is 41.5 Å². The lowest BCUT2D eigenvalue weighted by Crippen LogP contribution is -2.86. The highest BCUT2D eigenvalue weighted by molar-refractivity contribution is 7.19. The molecule has 0 saturated carbocycles. The third-order valence-corrected chi connectivity index (χ3v) is 30.9. The van der Waals surface area contributed by atoms with Crippen molar-refractivity contribution in [3.05, 3.63) is 194 Å². The van der Waals surface area contributed by atoms with Gasteiger partial charge in [0.2, 0.25) is 0 Å². The van der Waals surface area contributed by atoms with Gasteiger partial charge in [-0.3, -0.25) is 0 Å². The first kappa shape index (κ1) is 31.6. The number of rotatable bonds is 0. The Labute approximate surface area is 329 Å². The lowest BCUT2D eigenvalue weighted by molar-refractivity contribution is 0.270. The van der Waals surface area contributed by atoms with Gasteiger partial charge >= 0.3 is 34.2 Å². The first-order chi connectivity index (χ1) is 27.7. The van der Waals surface area contributed by atoms with Crippen LogP contribution in [-0.4, -0.2) is 34.2 Å². The van der Waals surface area contributed by atoms with Gasteiger partial charge < -0.3 is 16.5 Å². The summed E-state index contributed by atoms with van der Waals surface area (Å²) in [6, 6.07) is 70.1. The van der Waals surface area contributed by atoms with E-state index >= 15 is 0 Å². The monoisotopic (exact) mass is 784 g/mol. The summed E-state index contributed by atoms with van der Waals surface area (Å²) in [5.74, 6) is 0. The largest absolute Gasteiger partial charge is 0.402 e. The van der Waals surface area contributed by atoms with Crippen LogP contribution in [0, 0.1) is 0 Å². The molecule has 5 aliphatic heterocycles. The minimum atomic E-state index is -3.75. The highest BCUT2D eigenvalue weighted by Crippen LogP contribution is 2.45. The van der Waals surface area contributed by atoms with Crippen LogP contribution in [0.5, 0.6) is 0 Å². The third-order valence-electron chi connectivity index (χ3n) is 12.6. The fourth-order valence-corrected chi connectivity index (χ4v) is 34.3. The summed E-state index contributed by atoms with van der Waals surface area (Å²) < 4.78 is 34.2. The maximum atomic E-state index is 8.55. The molecule has 8 aromatic rings. The van der Waals surface area contributed by atoms with Crippen molar-refractivity contribution in [1.82, 2.24) is 0 Å². The van der Waals surface area contributed by atoms with E-state index in [0.717, 1.165) is 86.0 Å². The second kappa shape index (κ2) is 11.1. The Morgan fingerprint density at radius 2 is 0.304 bits per heavy atom. The van der Waals surface area contributed by atoms with Crippen molar-refractivity contribution in [2.75, 3.05) is 0 Å². The maximum Gasteiger partial charge on any atom is 0.391 e. The van der Waals surface area contributed by atoms with E-state index in [1.54, 1.807) is 0 Å². The van der Waals surface area contributed by atoms with E-state index in [0.29, 0.717) is 0 Å². The zero-order chi connectivity index (χ0) is 36.7. The SMILES string of the molecule is c1ccc2c(c1)-c1ccccc1[Si]21O[Si]2(O[Si]3(O[Si]4(O1)c1ccccc1-c1ccccc14)c1ccccc1-c1ccccc13)c1ccccc1-c1ccccc12. The molecule has 5 heterocycles. The molecule has 0 aliphatic carbocycles. The van der Waals surface area contributed by atoms with Gasteiger partial charge in [-0.05, 0) is 44.5 Å².